The van der Waals surface area contributed by atoms with Crippen LogP contribution in [0.5, 0.6) is 0 Å². The van der Waals surface area contributed by atoms with Crippen LogP contribution in [0.2, 0.25) is 0 Å². The van der Waals surface area contributed by atoms with Crippen LogP contribution in [-0.4, -0.2) is 35.7 Å². The van der Waals surface area contributed by atoms with E-state index in [1.165, 1.54) is 0 Å². The summed E-state index contributed by atoms with van der Waals surface area (Å²) in [5, 5.41) is 12.5. The van der Waals surface area contributed by atoms with Crippen molar-refractivity contribution in [2.45, 2.75) is 5.54 Å². The van der Waals surface area contributed by atoms with Crippen LogP contribution in [-0.2, 0) is 10.3 Å². The molecule has 1 fully saturated rings. The molecule has 2 N–H and O–H groups in total. The van der Waals surface area contributed by atoms with Gasteiger partial charge in [0.2, 0.25) is 0 Å². The van der Waals surface area contributed by atoms with Crippen LogP contribution >= 0.6 is 0 Å². The molecule has 3 rings (SSSR count). The monoisotopic (exact) mass is 282 g/mol. The first-order valence-electron chi connectivity index (χ1n) is 7.05. The average Bonchev–Trinajstić information content (AvgIpc) is 2.88. The SMILES string of the molecule is O=C1N(CCO)CNC1(c1ccccc1)c1ccccc1. The lowest BCUT2D eigenvalue weighted by atomic mass is 9.83. The molecular formula is C17H18N2O2. The molecule has 0 unspecified atom stereocenters. The fourth-order valence-corrected chi connectivity index (χ4v) is 2.89. The Kier molecular flexibility index (Phi) is 3.73. The van der Waals surface area contributed by atoms with E-state index in [1.807, 2.05) is 60.7 Å². The summed E-state index contributed by atoms with van der Waals surface area (Å²) in [6.07, 6.45) is 0. The van der Waals surface area contributed by atoms with Crippen LogP contribution < -0.4 is 5.32 Å². The number of hydrogen-bond acceptors (Lipinski definition) is 3. The summed E-state index contributed by atoms with van der Waals surface area (Å²) in [4.78, 5) is 14.6. The van der Waals surface area contributed by atoms with Gasteiger partial charge in [0.15, 0.2) is 5.54 Å². The van der Waals surface area contributed by atoms with E-state index >= 15 is 0 Å². The lowest BCUT2D eigenvalue weighted by Gasteiger charge is -2.28. The molecule has 0 bridgehead atoms. The highest BCUT2D eigenvalue weighted by molar-refractivity contribution is 5.93. The zero-order chi connectivity index (χ0) is 14.7. The number of carbonyl (C=O) groups excluding carboxylic acids is 1. The molecule has 4 nitrogen and oxygen atoms in total. The number of β-amino-alcohol motifs (C(OH)–C–C–N with tert-alkyl or cyclic N) is 1. The van der Waals surface area contributed by atoms with Crippen molar-refractivity contribution < 1.29 is 9.90 Å². The van der Waals surface area contributed by atoms with E-state index in [0.29, 0.717) is 13.2 Å². The number of aliphatic hydroxyl groups is 1. The summed E-state index contributed by atoms with van der Waals surface area (Å²) in [5.41, 5.74) is 0.973. The molecule has 21 heavy (non-hydrogen) atoms. The normalized spacial score (nSPS) is 17.2. The van der Waals surface area contributed by atoms with E-state index in [-0.39, 0.29) is 12.5 Å². The van der Waals surface area contributed by atoms with Crippen molar-refractivity contribution in [1.82, 2.24) is 10.2 Å². The van der Waals surface area contributed by atoms with Gasteiger partial charge in [0.05, 0.1) is 13.3 Å². The molecule has 0 atom stereocenters. The summed E-state index contributed by atoms with van der Waals surface area (Å²) in [6, 6.07) is 19.4. The second kappa shape index (κ2) is 5.68. The average molecular weight is 282 g/mol. The quantitative estimate of drug-likeness (QED) is 0.889. The van der Waals surface area contributed by atoms with Gasteiger partial charge in [-0.05, 0) is 11.1 Å². The van der Waals surface area contributed by atoms with Crippen LogP contribution in [0, 0.1) is 0 Å². The van der Waals surface area contributed by atoms with Crippen molar-refractivity contribution >= 4 is 5.91 Å². The number of benzene rings is 2. The number of nitrogens with zero attached hydrogens (tertiary/aromatic N) is 1. The molecule has 4 heteroatoms. The third kappa shape index (κ3) is 2.22. The van der Waals surface area contributed by atoms with Gasteiger partial charge in [-0.25, -0.2) is 0 Å². The van der Waals surface area contributed by atoms with E-state index in [4.69, 9.17) is 5.11 Å². The summed E-state index contributed by atoms with van der Waals surface area (Å²) < 4.78 is 0. The number of aliphatic hydroxyl groups excluding tert-OH is 1. The Bertz CT molecular complexity index is 574. The van der Waals surface area contributed by atoms with Gasteiger partial charge in [0.25, 0.3) is 5.91 Å². The molecule has 1 saturated heterocycles. The predicted octanol–water partition coefficient (Wildman–Crippen LogP) is 1.31. The minimum absolute atomic E-state index is 0.0195. The van der Waals surface area contributed by atoms with E-state index in [2.05, 4.69) is 5.32 Å². The van der Waals surface area contributed by atoms with Gasteiger partial charge in [-0.15, -0.1) is 0 Å². The zero-order valence-corrected chi connectivity index (χ0v) is 11.7. The highest BCUT2D eigenvalue weighted by Gasteiger charge is 2.48. The highest BCUT2D eigenvalue weighted by atomic mass is 16.3. The van der Waals surface area contributed by atoms with Crippen LogP contribution in [0.15, 0.2) is 60.7 Å². The first-order valence-corrected chi connectivity index (χ1v) is 7.05. The molecule has 0 saturated carbocycles. The molecule has 0 aliphatic carbocycles. The maximum atomic E-state index is 13.0. The van der Waals surface area contributed by atoms with E-state index in [9.17, 15) is 4.79 Å². The van der Waals surface area contributed by atoms with Crippen molar-refractivity contribution in [3.8, 4) is 0 Å². The maximum absolute atomic E-state index is 13.0. The van der Waals surface area contributed by atoms with Crippen molar-refractivity contribution in [3.05, 3.63) is 71.8 Å². The van der Waals surface area contributed by atoms with E-state index < -0.39 is 5.54 Å². The number of carbonyl (C=O) groups is 1. The van der Waals surface area contributed by atoms with Gasteiger partial charge in [-0.3, -0.25) is 10.1 Å². The van der Waals surface area contributed by atoms with E-state index in [0.717, 1.165) is 11.1 Å². The molecular weight excluding hydrogens is 264 g/mol. The highest BCUT2D eigenvalue weighted by Crippen LogP contribution is 2.34. The lowest BCUT2D eigenvalue weighted by Crippen LogP contribution is -2.45. The minimum Gasteiger partial charge on any atom is -0.395 e. The Morgan fingerprint density at radius 3 is 2.00 bits per heavy atom. The van der Waals surface area contributed by atoms with Gasteiger partial charge in [-0.2, -0.15) is 0 Å². The molecule has 0 aromatic heterocycles. The molecule has 1 amide bonds. The van der Waals surface area contributed by atoms with Crippen LogP contribution in [0.1, 0.15) is 11.1 Å². The van der Waals surface area contributed by atoms with Crippen LogP contribution in [0.3, 0.4) is 0 Å². The topological polar surface area (TPSA) is 52.6 Å². The Labute approximate surface area is 124 Å². The predicted molar refractivity (Wildman–Crippen MR) is 80.5 cm³/mol. The second-order valence-electron chi connectivity index (χ2n) is 5.11. The molecule has 0 radical (unpaired) electrons. The third-order valence-corrected chi connectivity index (χ3v) is 3.93. The fraction of sp³-hybridized carbons (Fsp3) is 0.235. The number of nitrogens with one attached hydrogen (secondary N) is 1. The van der Waals surface area contributed by atoms with Crippen LogP contribution in [0.25, 0.3) is 0 Å². The minimum atomic E-state index is -0.863. The second-order valence-corrected chi connectivity index (χ2v) is 5.11. The van der Waals surface area contributed by atoms with Gasteiger partial charge in [0.1, 0.15) is 0 Å². The molecule has 1 heterocycles. The van der Waals surface area contributed by atoms with Crippen molar-refractivity contribution in [3.63, 3.8) is 0 Å². The fourth-order valence-electron chi connectivity index (χ4n) is 2.89. The zero-order valence-electron chi connectivity index (χ0n) is 11.7. The molecule has 1 aliphatic heterocycles. The van der Waals surface area contributed by atoms with Gasteiger partial charge in [-0.1, -0.05) is 60.7 Å². The number of hydrogen-bond donors (Lipinski definition) is 2. The largest absolute Gasteiger partial charge is 0.395 e. The molecule has 0 spiro atoms. The summed E-state index contributed by atoms with van der Waals surface area (Å²) in [7, 11) is 0. The molecule has 2 aromatic carbocycles. The van der Waals surface area contributed by atoms with Crippen molar-refractivity contribution in [2.75, 3.05) is 19.8 Å². The van der Waals surface area contributed by atoms with Crippen molar-refractivity contribution in [2.24, 2.45) is 0 Å². The number of amides is 1. The standard InChI is InChI=1S/C17H18N2O2/c20-12-11-19-13-18-17(16(19)21,14-7-3-1-4-8-14)15-9-5-2-6-10-15/h1-10,18,20H,11-13H2. The van der Waals surface area contributed by atoms with Gasteiger partial charge in [0, 0.05) is 6.54 Å². The van der Waals surface area contributed by atoms with Crippen LogP contribution in [0.4, 0.5) is 0 Å². The van der Waals surface area contributed by atoms with Gasteiger partial charge >= 0.3 is 0 Å². The maximum Gasteiger partial charge on any atom is 0.253 e. The Morgan fingerprint density at radius 2 is 1.52 bits per heavy atom. The summed E-state index contributed by atoms with van der Waals surface area (Å²) >= 11 is 0. The third-order valence-electron chi connectivity index (χ3n) is 3.93. The molecule has 2 aromatic rings. The Balaban J connectivity index is 2.12. The first kappa shape index (κ1) is 13.8. The smallest absolute Gasteiger partial charge is 0.253 e. The van der Waals surface area contributed by atoms with Gasteiger partial charge < -0.3 is 10.0 Å². The number of rotatable bonds is 4. The lowest BCUT2D eigenvalue weighted by molar-refractivity contribution is -0.131. The Hall–Kier alpha value is -2.17. The van der Waals surface area contributed by atoms with E-state index in [1.54, 1.807) is 4.90 Å². The summed E-state index contributed by atoms with van der Waals surface area (Å²) in [5.74, 6) is -0.0195. The molecule has 1 aliphatic rings. The molecule has 108 valence electrons. The first-order chi connectivity index (χ1) is 10.3. The summed E-state index contributed by atoms with van der Waals surface area (Å²) in [6.45, 7) is 0.740. The van der Waals surface area contributed by atoms with Crippen molar-refractivity contribution in [1.29, 1.82) is 0 Å². The Morgan fingerprint density at radius 1 is 1.00 bits per heavy atom.